The Kier molecular flexibility index (Phi) is 6.83. The van der Waals surface area contributed by atoms with E-state index in [1.165, 1.54) is 28.5 Å². The van der Waals surface area contributed by atoms with Crippen LogP contribution in [0, 0.1) is 0 Å². The topological polar surface area (TPSA) is 70.9 Å². The van der Waals surface area contributed by atoms with E-state index in [4.69, 9.17) is 0 Å². The van der Waals surface area contributed by atoms with Crippen LogP contribution in [0.1, 0.15) is 24.8 Å². The van der Waals surface area contributed by atoms with Crippen LogP contribution in [-0.4, -0.2) is 45.3 Å². The van der Waals surface area contributed by atoms with Crippen LogP contribution in [0.25, 0.3) is 0 Å². The van der Waals surface area contributed by atoms with Gasteiger partial charge in [-0.25, -0.2) is 8.42 Å². The van der Waals surface area contributed by atoms with Crippen LogP contribution < -0.4 is 10.2 Å². The first-order valence-electron chi connectivity index (χ1n) is 9.69. The van der Waals surface area contributed by atoms with Crippen LogP contribution in [0.4, 0.5) is 5.69 Å². The number of hydrogen-bond acceptors (Lipinski definition) is 3. The Morgan fingerprint density at radius 3 is 2.29 bits per heavy atom. The second-order valence-electron chi connectivity index (χ2n) is 7.31. The van der Waals surface area contributed by atoms with E-state index in [1.54, 1.807) is 31.3 Å². The van der Waals surface area contributed by atoms with E-state index >= 15 is 0 Å². The van der Waals surface area contributed by atoms with Gasteiger partial charge in [0.05, 0.1) is 18.0 Å². The summed E-state index contributed by atoms with van der Waals surface area (Å²) >= 11 is 0. The highest BCUT2D eigenvalue weighted by Gasteiger charge is 2.21. The van der Waals surface area contributed by atoms with E-state index in [1.807, 2.05) is 30.3 Å². The lowest BCUT2D eigenvalue weighted by Crippen LogP contribution is -3.13. The highest BCUT2D eigenvalue weighted by molar-refractivity contribution is 7.89. The number of anilines is 1. The summed E-state index contributed by atoms with van der Waals surface area (Å²) in [4.78, 5) is 13.7. The molecule has 0 saturated carbocycles. The van der Waals surface area contributed by atoms with Crippen LogP contribution in [0.5, 0.6) is 0 Å². The lowest BCUT2D eigenvalue weighted by Gasteiger charge is -2.22. The Morgan fingerprint density at radius 2 is 1.64 bits per heavy atom. The van der Waals surface area contributed by atoms with E-state index in [-0.39, 0.29) is 10.8 Å². The summed E-state index contributed by atoms with van der Waals surface area (Å²) in [5.41, 5.74) is 1.55. The van der Waals surface area contributed by atoms with Gasteiger partial charge >= 0.3 is 0 Å². The highest BCUT2D eigenvalue weighted by atomic mass is 32.2. The molecule has 0 bridgehead atoms. The van der Waals surface area contributed by atoms with Crippen molar-refractivity contribution in [2.24, 2.45) is 0 Å². The molecule has 1 aliphatic rings. The Balaban J connectivity index is 1.60. The number of piperidine rings is 1. The van der Waals surface area contributed by atoms with Crippen molar-refractivity contribution in [3.8, 4) is 0 Å². The second kappa shape index (κ2) is 9.32. The van der Waals surface area contributed by atoms with Gasteiger partial charge in [-0.1, -0.05) is 30.3 Å². The molecule has 1 aliphatic heterocycles. The third-order valence-electron chi connectivity index (χ3n) is 5.07. The van der Waals surface area contributed by atoms with E-state index in [0.717, 1.165) is 18.7 Å². The highest BCUT2D eigenvalue weighted by Crippen LogP contribution is 2.19. The first kappa shape index (κ1) is 20.5. The van der Waals surface area contributed by atoms with Gasteiger partial charge in [0.15, 0.2) is 6.54 Å². The molecule has 2 aromatic rings. The summed E-state index contributed by atoms with van der Waals surface area (Å²) in [5, 5.41) is 2.87. The number of carbonyl (C=O) groups is 1. The Labute approximate surface area is 167 Å². The molecule has 3 rings (SSSR count). The molecule has 150 valence electrons. The standard InChI is InChI=1S/C21H27N3O3S/c1-23(16-18-8-4-2-5-9-18)28(26,27)20-12-10-19(11-13-20)22-21(25)17-24-14-6-3-7-15-24/h2,4-5,8-13H,3,6-7,14-17H2,1H3,(H,22,25)/p+1. The number of rotatable bonds is 7. The van der Waals surface area contributed by atoms with E-state index in [0.29, 0.717) is 18.8 Å². The molecule has 1 fully saturated rings. The minimum atomic E-state index is -3.59. The number of nitrogens with zero attached hydrogens (tertiary/aromatic N) is 1. The Hall–Kier alpha value is -2.22. The molecule has 2 N–H and O–H groups in total. The maximum absolute atomic E-state index is 12.8. The molecule has 7 heteroatoms. The molecule has 1 heterocycles. The summed E-state index contributed by atoms with van der Waals surface area (Å²) in [6.45, 7) is 2.84. The van der Waals surface area contributed by atoms with E-state index in [2.05, 4.69) is 5.32 Å². The van der Waals surface area contributed by atoms with Gasteiger partial charge in [0.2, 0.25) is 10.0 Å². The van der Waals surface area contributed by atoms with Gasteiger partial charge < -0.3 is 10.2 Å². The summed E-state index contributed by atoms with van der Waals surface area (Å²) in [5.74, 6) is -0.0336. The minimum Gasteiger partial charge on any atom is -0.327 e. The quantitative estimate of drug-likeness (QED) is 0.738. The van der Waals surface area contributed by atoms with Crippen LogP contribution in [0.15, 0.2) is 59.5 Å². The molecule has 0 aromatic heterocycles. The van der Waals surface area contributed by atoms with Crippen LogP contribution in [0.2, 0.25) is 0 Å². The molecule has 0 radical (unpaired) electrons. The number of benzene rings is 2. The first-order valence-corrected chi connectivity index (χ1v) is 11.1. The molecule has 2 aromatic carbocycles. The van der Waals surface area contributed by atoms with Crippen molar-refractivity contribution in [1.29, 1.82) is 0 Å². The molecular weight excluding hydrogens is 374 g/mol. The maximum atomic E-state index is 12.8. The summed E-state index contributed by atoms with van der Waals surface area (Å²) < 4.78 is 26.9. The van der Waals surface area contributed by atoms with Gasteiger partial charge in [0, 0.05) is 19.3 Å². The normalized spacial score (nSPS) is 15.5. The fourth-order valence-electron chi connectivity index (χ4n) is 3.48. The maximum Gasteiger partial charge on any atom is 0.279 e. The van der Waals surface area contributed by atoms with Gasteiger partial charge in [0.25, 0.3) is 5.91 Å². The zero-order valence-electron chi connectivity index (χ0n) is 16.2. The summed E-state index contributed by atoms with van der Waals surface area (Å²) in [6.07, 6.45) is 3.59. The van der Waals surface area contributed by atoms with Crippen molar-refractivity contribution in [2.45, 2.75) is 30.7 Å². The van der Waals surface area contributed by atoms with Gasteiger partial charge in [0.1, 0.15) is 0 Å². The van der Waals surface area contributed by atoms with Crippen molar-refractivity contribution in [2.75, 3.05) is 32.0 Å². The number of likely N-dealkylation sites (tertiary alicyclic amines) is 1. The zero-order chi connectivity index (χ0) is 20.0. The van der Waals surface area contributed by atoms with Gasteiger partial charge in [-0.15, -0.1) is 0 Å². The van der Waals surface area contributed by atoms with Crippen LogP contribution in [-0.2, 0) is 21.4 Å². The monoisotopic (exact) mass is 402 g/mol. The fraction of sp³-hybridized carbons (Fsp3) is 0.381. The minimum absolute atomic E-state index is 0.0336. The van der Waals surface area contributed by atoms with Crippen LogP contribution in [0.3, 0.4) is 0 Å². The predicted octanol–water partition coefficient (Wildman–Crippen LogP) is 1.51. The number of amides is 1. The molecule has 0 aliphatic carbocycles. The molecule has 6 nitrogen and oxygen atoms in total. The Morgan fingerprint density at radius 1 is 1.00 bits per heavy atom. The van der Waals surface area contributed by atoms with Crippen molar-refractivity contribution < 1.29 is 18.1 Å². The number of hydrogen-bond donors (Lipinski definition) is 2. The van der Waals surface area contributed by atoms with Crippen molar-refractivity contribution >= 4 is 21.6 Å². The number of nitrogens with one attached hydrogen (secondary N) is 2. The predicted molar refractivity (Wildman–Crippen MR) is 110 cm³/mol. The van der Waals surface area contributed by atoms with E-state index < -0.39 is 10.0 Å². The van der Waals surface area contributed by atoms with Crippen molar-refractivity contribution in [3.05, 3.63) is 60.2 Å². The molecule has 0 atom stereocenters. The smallest absolute Gasteiger partial charge is 0.279 e. The first-order chi connectivity index (χ1) is 13.4. The molecule has 1 amide bonds. The molecule has 0 spiro atoms. The summed E-state index contributed by atoms with van der Waals surface area (Å²) in [7, 11) is -2.02. The third kappa shape index (κ3) is 5.41. The number of quaternary nitrogens is 1. The van der Waals surface area contributed by atoms with Crippen molar-refractivity contribution in [3.63, 3.8) is 0 Å². The molecule has 0 unspecified atom stereocenters. The SMILES string of the molecule is CN(Cc1ccccc1)S(=O)(=O)c1ccc(NC(=O)C[NH+]2CCCCC2)cc1. The van der Waals surface area contributed by atoms with Gasteiger partial charge in [-0.3, -0.25) is 4.79 Å². The average molecular weight is 403 g/mol. The van der Waals surface area contributed by atoms with Gasteiger partial charge in [-0.05, 0) is 49.1 Å². The second-order valence-corrected chi connectivity index (χ2v) is 9.35. The van der Waals surface area contributed by atoms with Crippen LogP contribution >= 0.6 is 0 Å². The largest absolute Gasteiger partial charge is 0.327 e. The van der Waals surface area contributed by atoms with E-state index in [9.17, 15) is 13.2 Å². The third-order valence-corrected chi connectivity index (χ3v) is 6.88. The number of sulfonamides is 1. The molecule has 1 saturated heterocycles. The Bertz CT molecular complexity index is 877. The van der Waals surface area contributed by atoms with Gasteiger partial charge in [-0.2, -0.15) is 4.31 Å². The molecular formula is C21H28N3O3S+. The summed E-state index contributed by atoms with van der Waals surface area (Å²) in [6, 6.07) is 15.8. The average Bonchev–Trinajstić information content (AvgIpc) is 2.70. The fourth-order valence-corrected chi connectivity index (χ4v) is 4.64. The molecule has 28 heavy (non-hydrogen) atoms. The van der Waals surface area contributed by atoms with Crippen molar-refractivity contribution in [1.82, 2.24) is 4.31 Å². The lowest BCUT2D eigenvalue weighted by atomic mass is 10.1. The lowest BCUT2D eigenvalue weighted by molar-refractivity contribution is -0.896. The zero-order valence-corrected chi connectivity index (χ0v) is 17.0. The number of carbonyl (C=O) groups excluding carboxylic acids is 1.